The highest BCUT2D eigenvalue weighted by Crippen LogP contribution is 2.32. The number of aryl methyl sites for hydroxylation is 2. The Bertz CT molecular complexity index is 830. The van der Waals surface area contributed by atoms with Crippen LogP contribution in [0.1, 0.15) is 34.8 Å². The number of nitrogens with zero attached hydrogens (tertiary/aromatic N) is 3. The molecule has 2 aromatic heterocycles. The van der Waals surface area contributed by atoms with Crippen molar-refractivity contribution in [1.29, 1.82) is 0 Å². The van der Waals surface area contributed by atoms with Gasteiger partial charge in [-0.25, -0.2) is 0 Å². The van der Waals surface area contributed by atoms with Gasteiger partial charge in [-0.2, -0.15) is 5.10 Å². The lowest BCUT2D eigenvalue weighted by Crippen LogP contribution is -2.08. The number of aliphatic hydroxyl groups is 1. The molecule has 6 nitrogen and oxygen atoms in total. The van der Waals surface area contributed by atoms with E-state index in [4.69, 9.17) is 16.1 Å². The Labute approximate surface area is 138 Å². The molecule has 0 atom stereocenters. The zero-order valence-corrected chi connectivity index (χ0v) is 13.6. The van der Waals surface area contributed by atoms with Gasteiger partial charge in [0, 0.05) is 29.4 Å². The van der Waals surface area contributed by atoms with Gasteiger partial charge in [0.2, 0.25) is 5.78 Å². The summed E-state index contributed by atoms with van der Waals surface area (Å²) in [4.78, 5) is 12.8. The lowest BCUT2D eigenvalue weighted by atomic mass is 9.95. The van der Waals surface area contributed by atoms with Crippen LogP contribution in [0.2, 0.25) is 0 Å². The van der Waals surface area contributed by atoms with Crippen molar-refractivity contribution >= 4 is 17.4 Å². The van der Waals surface area contributed by atoms with E-state index in [1.165, 1.54) is 0 Å². The summed E-state index contributed by atoms with van der Waals surface area (Å²) in [5, 5.41) is 18.3. The van der Waals surface area contributed by atoms with E-state index in [-0.39, 0.29) is 12.4 Å². The average molecular weight is 334 g/mol. The first-order valence-corrected chi connectivity index (χ1v) is 7.59. The maximum absolute atomic E-state index is 12.8. The van der Waals surface area contributed by atoms with Crippen LogP contribution in [0.4, 0.5) is 0 Å². The minimum absolute atomic E-state index is 0.148. The van der Waals surface area contributed by atoms with Crippen LogP contribution in [0.25, 0.3) is 11.1 Å². The number of allylic oxidation sites excluding steroid dienone is 4. The van der Waals surface area contributed by atoms with Gasteiger partial charge in [-0.3, -0.25) is 9.48 Å². The zero-order chi connectivity index (χ0) is 16.6. The molecular formula is C16H16ClN3O3. The van der Waals surface area contributed by atoms with Crippen molar-refractivity contribution < 1.29 is 14.4 Å². The molecule has 0 aromatic carbocycles. The molecule has 3 rings (SSSR count). The number of aliphatic hydroxyl groups excluding tert-OH is 1. The van der Waals surface area contributed by atoms with E-state index in [0.29, 0.717) is 46.7 Å². The molecule has 1 aliphatic carbocycles. The second-order valence-corrected chi connectivity index (χ2v) is 5.91. The molecule has 1 N–H and O–H groups in total. The van der Waals surface area contributed by atoms with E-state index >= 15 is 0 Å². The molecule has 0 bridgehead atoms. The van der Waals surface area contributed by atoms with Crippen molar-refractivity contribution in [1.82, 2.24) is 14.9 Å². The van der Waals surface area contributed by atoms with Gasteiger partial charge in [-0.1, -0.05) is 22.8 Å². The summed E-state index contributed by atoms with van der Waals surface area (Å²) in [5.41, 5.74) is 2.83. The Morgan fingerprint density at radius 2 is 2.22 bits per heavy atom. The molecular weight excluding hydrogens is 318 g/mol. The normalized spacial score (nSPS) is 14.6. The van der Waals surface area contributed by atoms with Gasteiger partial charge in [0.25, 0.3) is 0 Å². The molecule has 2 heterocycles. The maximum atomic E-state index is 12.8. The average Bonchev–Trinajstić information content (AvgIpc) is 3.09. The van der Waals surface area contributed by atoms with Crippen LogP contribution in [-0.2, 0) is 13.7 Å². The Hall–Kier alpha value is -2.18. The molecule has 7 heteroatoms. The molecule has 0 fully saturated rings. The van der Waals surface area contributed by atoms with Crippen LogP contribution in [0.3, 0.4) is 0 Å². The van der Waals surface area contributed by atoms with Crippen molar-refractivity contribution in [3.05, 3.63) is 46.1 Å². The van der Waals surface area contributed by atoms with Crippen LogP contribution in [-0.4, -0.2) is 25.8 Å². The third kappa shape index (κ3) is 2.87. The van der Waals surface area contributed by atoms with Crippen LogP contribution < -0.4 is 0 Å². The van der Waals surface area contributed by atoms with Crippen LogP contribution in [0, 0.1) is 6.92 Å². The summed E-state index contributed by atoms with van der Waals surface area (Å²) >= 11 is 5.95. The molecule has 2 aromatic rings. The smallest absolute Gasteiger partial charge is 0.209 e. The first kappa shape index (κ1) is 15.7. The Balaban J connectivity index is 2.08. The highest BCUT2D eigenvalue weighted by molar-refractivity contribution is 6.30. The Morgan fingerprint density at radius 3 is 2.87 bits per heavy atom. The Morgan fingerprint density at radius 1 is 1.43 bits per heavy atom. The third-order valence-electron chi connectivity index (χ3n) is 3.78. The minimum atomic E-state index is -0.292. The molecule has 23 heavy (non-hydrogen) atoms. The summed E-state index contributed by atoms with van der Waals surface area (Å²) in [6.07, 6.45) is 6.44. The number of carbonyl (C=O) groups excluding carboxylic acids is 1. The fourth-order valence-corrected chi connectivity index (χ4v) is 2.82. The highest BCUT2D eigenvalue weighted by Gasteiger charge is 2.26. The number of Topliss-reactive ketones (excluding diaryl/α,β-unsaturated/α-hetero) is 1. The predicted octanol–water partition coefficient (Wildman–Crippen LogP) is 2.90. The molecule has 0 aliphatic heterocycles. The molecule has 0 radical (unpaired) electrons. The summed E-state index contributed by atoms with van der Waals surface area (Å²) in [5.74, 6) is 0.177. The van der Waals surface area contributed by atoms with Crippen molar-refractivity contribution in [2.45, 2.75) is 26.4 Å². The van der Waals surface area contributed by atoms with Gasteiger partial charge in [0.1, 0.15) is 12.3 Å². The molecule has 0 unspecified atom stereocenters. The van der Waals surface area contributed by atoms with Crippen LogP contribution in [0.15, 0.2) is 33.5 Å². The lowest BCUT2D eigenvalue weighted by Gasteiger charge is -2.09. The van der Waals surface area contributed by atoms with E-state index in [2.05, 4.69) is 10.3 Å². The van der Waals surface area contributed by atoms with E-state index in [0.717, 1.165) is 5.03 Å². The van der Waals surface area contributed by atoms with Crippen molar-refractivity contribution in [3.8, 4) is 11.1 Å². The summed E-state index contributed by atoms with van der Waals surface area (Å²) in [6.45, 7) is 1.47. The van der Waals surface area contributed by atoms with Crippen LogP contribution >= 0.6 is 11.6 Å². The van der Waals surface area contributed by atoms with Gasteiger partial charge < -0.3 is 9.63 Å². The molecule has 0 saturated heterocycles. The van der Waals surface area contributed by atoms with E-state index in [9.17, 15) is 9.90 Å². The SMILES string of the molecule is Cc1noc(CO)c1-c1cn(C)nc1C(=O)C1=CC=C(Cl)CC1. The zero-order valence-electron chi connectivity index (χ0n) is 12.8. The molecule has 1 aliphatic rings. The van der Waals surface area contributed by atoms with Gasteiger partial charge in [-0.05, 0) is 25.8 Å². The van der Waals surface area contributed by atoms with Gasteiger partial charge in [0.15, 0.2) is 5.76 Å². The number of halogens is 1. The van der Waals surface area contributed by atoms with E-state index in [1.807, 2.05) is 0 Å². The number of hydrogen-bond acceptors (Lipinski definition) is 5. The fraction of sp³-hybridized carbons (Fsp3) is 0.312. The lowest BCUT2D eigenvalue weighted by molar-refractivity contribution is 0.102. The molecule has 0 spiro atoms. The van der Waals surface area contributed by atoms with Gasteiger partial charge in [-0.15, -0.1) is 0 Å². The van der Waals surface area contributed by atoms with Crippen molar-refractivity contribution in [2.24, 2.45) is 7.05 Å². The van der Waals surface area contributed by atoms with E-state index < -0.39 is 0 Å². The summed E-state index contributed by atoms with van der Waals surface area (Å²) in [7, 11) is 1.74. The second-order valence-electron chi connectivity index (χ2n) is 5.42. The number of aromatic nitrogens is 3. The van der Waals surface area contributed by atoms with Gasteiger partial charge >= 0.3 is 0 Å². The molecule has 0 saturated carbocycles. The number of ketones is 1. The third-order valence-corrected chi connectivity index (χ3v) is 4.10. The van der Waals surface area contributed by atoms with E-state index in [1.54, 1.807) is 37.0 Å². The Kier molecular flexibility index (Phi) is 4.19. The first-order valence-electron chi connectivity index (χ1n) is 7.21. The second kappa shape index (κ2) is 6.14. The largest absolute Gasteiger partial charge is 0.388 e. The predicted molar refractivity (Wildman–Crippen MR) is 84.9 cm³/mol. The first-order chi connectivity index (χ1) is 11.0. The number of carbonyl (C=O) groups is 1. The van der Waals surface area contributed by atoms with Crippen molar-refractivity contribution in [2.75, 3.05) is 0 Å². The van der Waals surface area contributed by atoms with Gasteiger partial charge in [0.05, 0.1) is 11.3 Å². The summed E-state index contributed by atoms with van der Waals surface area (Å²) in [6, 6.07) is 0. The molecule has 120 valence electrons. The topological polar surface area (TPSA) is 81.2 Å². The fourth-order valence-electron chi connectivity index (χ4n) is 2.66. The minimum Gasteiger partial charge on any atom is -0.388 e. The number of rotatable bonds is 4. The number of hydrogen-bond donors (Lipinski definition) is 1. The molecule has 0 amide bonds. The van der Waals surface area contributed by atoms with Crippen molar-refractivity contribution in [3.63, 3.8) is 0 Å². The van der Waals surface area contributed by atoms with Crippen LogP contribution in [0.5, 0.6) is 0 Å². The quantitative estimate of drug-likeness (QED) is 0.870. The monoisotopic (exact) mass is 333 g/mol. The summed E-state index contributed by atoms with van der Waals surface area (Å²) < 4.78 is 6.68. The highest BCUT2D eigenvalue weighted by atomic mass is 35.5. The maximum Gasteiger partial charge on any atom is 0.209 e. The standard InChI is InChI=1S/C16H16ClN3O3/c1-9-14(13(8-21)23-19-9)12-7-20(2)18-15(12)16(22)10-3-5-11(17)6-4-10/h3,5,7,21H,4,6,8H2,1-2H3.